The zero-order valence-corrected chi connectivity index (χ0v) is 36.0. The predicted octanol–water partition coefficient (Wildman–Crippen LogP) is 11.7. The van der Waals surface area contributed by atoms with Crippen LogP contribution < -0.4 is 5.73 Å². The molecule has 1 unspecified atom stereocenters. The Morgan fingerprint density at radius 3 is 1.75 bits per heavy atom. The lowest BCUT2D eigenvalue weighted by Crippen LogP contribution is -2.29. The van der Waals surface area contributed by atoms with E-state index < -0.39 is 32.5 Å². The van der Waals surface area contributed by atoms with Crippen LogP contribution >= 0.6 is 7.82 Å². The van der Waals surface area contributed by atoms with Crippen molar-refractivity contribution >= 4 is 25.5 Å². The van der Waals surface area contributed by atoms with Crippen LogP contribution in [0.3, 0.4) is 0 Å². The van der Waals surface area contributed by atoms with Gasteiger partial charge in [-0.05, 0) is 70.3 Å². The van der Waals surface area contributed by atoms with Crippen molar-refractivity contribution in [3.8, 4) is 0 Å². The van der Waals surface area contributed by atoms with Crippen LogP contribution in [0.15, 0.2) is 60.8 Å². The summed E-state index contributed by atoms with van der Waals surface area (Å²) in [5.41, 5.74) is 5.33. The maximum absolute atomic E-state index is 12.6. The Kier molecular flexibility index (Phi) is 38.7. The first kappa shape index (κ1) is 53.4. The number of phosphoric acid groups is 1. The molecule has 56 heavy (non-hydrogen) atoms. The molecule has 0 aliphatic carbocycles. The highest BCUT2D eigenvalue weighted by Gasteiger charge is 2.26. The molecule has 0 saturated heterocycles. The van der Waals surface area contributed by atoms with Gasteiger partial charge in [-0.3, -0.25) is 23.4 Å². The van der Waals surface area contributed by atoms with Gasteiger partial charge in [-0.25, -0.2) is 4.57 Å². The van der Waals surface area contributed by atoms with Gasteiger partial charge in [0.2, 0.25) is 0 Å². The molecule has 0 aliphatic heterocycles. The van der Waals surface area contributed by atoms with E-state index in [1.165, 1.54) is 89.5 Å². The number of allylic oxidation sites excluding steroid dienone is 10. The largest absolute Gasteiger partial charge is 0.472 e. The molecule has 0 aromatic rings. The Morgan fingerprint density at radius 2 is 1.11 bits per heavy atom. The van der Waals surface area contributed by atoms with Crippen LogP contribution in [0, 0.1) is 0 Å². The lowest BCUT2D eigenvalue weighted by molar-refractivity contribution is -0.161. The Balaban J connectivity index is 4.36. The van der Waals surface area contributed by atoms with Crippen molar-refractivity contribution in [2.45, 2.75) is 180 Å². The van der Waals surface area contributed by atoms with Gasteiger partial charge in [0.05, 0.1) is 13.2 Å². The van der Waals surface area contributed by atoms with Crippen molar-refractivity contribution < 1.29 is 42.4 Å². The molecule has 0 heterocycles. The van der Waals surface area contributed by atoms with E-state index >= 15 is 0 Å². The summed E-state index contributed by atoms with van der Waals surface area (Å²) >= 11 is 0. The number of ether oxygens (including phenoxy) is 2. The van der Waals surface area contributed by atoms with Crippen molar-refractivity contribution in [2.24, 2.45) is 5.73 Å². The average Bonchev–Trinajstić information content (AvgIpc) is 3.18. The van der Waals surface area contributed by atoms with Crippen LogP contribution in [0.1, 0.15) is 174 Å². The predicted molar refractivity (Wildman–Crippen MR) is 229 cm³/mol. The zero-order chi connectivity index (χ0) is 41.2. The molecule has 0 aliphatic rings. The van der Waals surface area contributed by atoms with Crippen LogP contribution in [-0.2, 0) is 37.5 Å². The minimum absolute atomic E-state index is 0.0137. The molecule has 10 nitrogen and oxygen atoms in total. The monoisotopic (exact) mass is 808 g/mol. The molecule has 0 aromatic carbocycles. The third kappa shape index (κ3) is 39.6. The lowest BCUT2D eigenvalue weighted by atomic mass is 10.1. The summed E-state index contributed by atoms with van der Waals surface area (Å²) in [6.07, 6.45) is 44.0. The Bertz CT molecular complexity index is 1160. The van der Waals surface area contributed by atoms with E-state index in [-0.39, 0.29) is 51.2 Å². The number of carbonyl (C=O) groups excluding carboxylic acids is 3. The Labute approximate surface area is 340 Å². The number of nitrogens with two attached hydrogens (primary N) is 1. The Morgan fingerprint density at radius 1 is 0.589 bits per heavy atom. The molecule has 0 bridgehead atoms. The summed E-state index contributed by atoms with van der Waals surface area (Å²) in [5, 5.41) is 0. The molecule has 0 saturated carbocycles. The van der Waals surface area contributed by atoms with Gasteiger partial charge in [0.15, 0.2) is 11.9 Å². The number of rotatable bonds is 40. The molecule has 0 radical (unpaired) electrons. The van der Waals surface area contributed by atoms with Gasteiger partial charge in [0, 0.05) is 25.8 Å². The topological polar surface area (TPSA) is 151 Å². The van der Waals surface area contributed by atoms with Gasteiger partial charge in [0.25, 0.3) is 0 Å². The number of carbonyl (C=O) groups is 3. The molecule has 0 spiro atoms. The van der Waals surface area contributed by atoms with Gasteiger partial charge in [0.1, 0.15) is 6.61 Å². The number of phosphoric ester groups is 1. The summed E-state index contributed by atoms with van der Waals surface area (Å²) < 4.78 is 32.5. The van der Waals surface area contributed by atoms with E-state index in [2.05, 4.69) is 50.3 Å². The number of esters is 2. The van der Waals surface area contributed by atoms with Gasteiger partial charge in [-0.1, -0.05) is 146 Å². The fourth-order valence-corrected chi connectivity index (χ4v) is 6.35. The second kappa shape index (κ2) is 40.6. The third-order valence-electron chi connectivity index (χ3n) is 8.85. The number of hydrogen-bond donors (Lipinski definition) is 2. The van der Waals surface area contributed by atoms with E-state index in [9.17, 15) is 23.8 Å². The van der Waals surface area contributed by atoms with Crippen LogP contribution in [-0.4, -0.2) is 55.1 Å². The van der Waals surface area contributed by atoms with E-state index in [0.29, 0.717) is 6.42 Å². The first-order valence-corrected chi connectivity index (χ1v) is 23.2. The number of unbranched alkanes of at least 4 members (excludes halogenated alkanes) is 16. The second-order valence-electron chi connectivity index (χ2n) is 14.2. The second-order valence-corrected chi connectivity index (χ2v) is 15.7. The van der Waals surface area contributed by atoms with Crippen LogP contribution in [0.4, 0.5) is 0 Å². The maximum atomic E-state index is 12.6. The van der Waals surface area contributed by atoms with Crippen LogP contribution in [0.25, 0.3) is 0 Å². The standard InChI is InChI=1S/C45H78NO9P/c1-3-5-7-9-11-13-15-17-18-19-20-22-24-26-28-30-32-36-44(48)52-40-43(41-54-56(50,51)53-39-38-46)55-45(49)37-33-35-42(47)34-31-29-27-25-23-21-16-14-12-10-8-6-4-2/h12,14,17-18,21,23,27,29,31,34,43H,3-11,13,15-16,19-20,22,24-26,28,30,32-33,35-41,46H2,1-2H3,(H,50,51)/b14-12-,18-17-,23-21-,29-27-,34-31+/t43-/m1/s1. The summed E-state index contributed by atoms with van der Waals surface area (Å²) in [6.45, 7) is 3.40. The van der Waals surface area contributed by atoms with Gasteiger partial charge in [-0.2, -0.15) is 0 Å². The average molecular weight is 808 g/mol. The fraction of sp³-hybridized carbons (Fsp3) is 0.711. The van der Waals surface area contributed by atoms with Gasteiger partial charge < -0.3 is 20.1 Å². The molecule has 0 fully saturated rings. The van der Waals surface area contributed by atoms with E-state index in [1.807, 2.05) is 12.2 Å². The minimum Gasteiger partial charge on any atom is -0.462 e. The summed E-state index contributed by atoms with van der Waals surface area (Å²) in [7, 11) is -4.45. The van der Waals surface area contributed by atoms with Crippen molar-refractivity contribution in [3.63, 3.8) is 0 Å². The van der Waals surface area contributed by atoms with Crippen LogP contribution in [0.5, 0.6) is 0 Å². The van der Waals surface area contributed by atoms with E-state index in [0.717, 1.165) is 44.9 Å². The van der Waals surface area contributed by atoms with E-state index in [1.54, 1.807) is 6.08 Å². The molecule has 0 aromatic heterocycles. The normalized spacial score (nSPS) is 13.8. The summed E-state index contributed by atoms with van der Waals surface area (Å²) in [4.78, 5) is 47.1. The molecule has 0 amide bonds. The van der Waals surface area contributed by atoms with Crippen molar-refractivity contribution in [1.29, 1.82) is 0 Å². The number of ketones is 1. The molecule has 322 valence electrons. The van der Waals surface area contributed by atoms with Gasteiger partial charge in [-0.15, -0.1) is 0 Å². The fourth-order valence-electron chi connectivity index (χ4n) is 5.58. The molecular weight excluding hydrogens is 729 g/mol. The molecule has 11 heteroatoms. The third-order valence-corrected chi connectivity index (χ3v) is 9.84. The highest BCUT2D eigenvalue weighted by molar-refractivity contribution is 7.47. The summed E-state index contributed by atoms with van der Waals surface area (Å²) in [5.74, 6) is -1.22. The quantitative estimate of drug-likeness (QED) is 0.0153. The van der Waals surface area contributed by atoms with Crippen molar-refractivity contribution in [2.75, 3.05) is 26.4 Å². The first-order chi connectivity index (χ1) is 27.2. The SMILES string of the molecule is CCCCC/C=C\C/C=C\C/C=C\C=C\C(=O)CCCC(=O)O[C@H](COC(=O)CCCCCCCCC/C=C\CCCCCCCC)COP(=O)(O)OCCN. The number of hydrogen-bond acceptors (Lipinski definition) is 9. The first-order valence-electron chi connectivity index (χ1n) is 21.7. The van der Waals surface area contributed by atoms with Gasteiger partial charge >= 0.3 is 19.8 Å². The smallest absolute Gasteiger partial charge is 0.462 e. The summed E-state index contributed by atoms with van der Waals surface area (Å²) in [6, 6.07) is 0. The highest BCUT2D eigenvalue weighted by atomic mass is 31.2. The molecule has 3 N–H and O–H groups in total. The molecular formula is C45H78NO9P. The van der Waals surface area contributed by atoms with Crippen molar-refractivity contribution in [1.82, 2.24) is 0 Å². The van der Waals surface area contributed by atoms with Crippen LogP contribution in [0.2, 0.25) is 0 Å². The maximum Gasteiger partial charge on any atom is 0.472 e. The lowest BCUT2D eigenvalue weighted by Gasteiger charge is -2.19. The Hall–Kier alpha value is -2.62. The van der Waals surface area contributed by atoms with Crippen molar-refractivity contribution in [3.05, 3.63) is 60.8 Å². The zero-order valence-electron chi connectivity index (χ0n) is 35.1. The molecule has 0 rings (SSSR count). The van der Waals surface area contributed by atoms with E-state index in [4.69, 9.17) is 24.3 Å². The minimum atomic E-state index is -4.45. The molecule has 2 atom stereocenters. The highest BCUT2D eigenvalue weighted by Crippen LogP contribution is 2.43.